The van der Waals surface area contributed by atoms with E-state index in [1.54, 1.807) is 0 Å². The number of hydrogen-bond acceptors (Lipinski definition) is 2. The van der Waals surface area contributed by atoms with Gasteiger partial charge in [-0.15, -0.1) is 0 Å². The highest BCUT2D eigenvalue weighted by atomic mass is 16.1. The van der Waals surface area contributed by atoms with Crippen molar-refractivity contribution in [3.05, 3.63) is 12.2 Å². The van der Waals surface area contributed by atoms with Gasteiger partial charge in [0.05, 0.1) is 0 Å². The Balaban J connectivity index is 2.34. The molecule has 2 heteroatoms. The van der Waals surface area contributed by atoms with E-state index in [1.807, 2.05) is 6.92 Å². The summed E-state index contributed by atoms with van der Waals surface area (Å²) in [5, 5.41) is 3.25. The first-order valence-electron chi connectivity index (χ1n) is 4.58. The van der Waals surface area contributed by atoms with Crippen LogP contribution < -0.4 is 5.32 Å². The van der Waals surface area contributed by atoms with Gasteiger partial charge in [0.15, 0.2) is 0 Å². The minimum atomic E-state index is 0.294. The number of Topliss-reactive ketones (excluding diaryl/α,β-unsaturated/α-hetero) is 1. The topological polar surface area (TPSA) is 29.1 Å². The third kappa shape index (κ3) is 2.78. The molecule has 1 N–H and O–H groups in total. The Bertz CT molecular complexity index is 180. The van der Waals surface area contributed by atoms with Crippen molar-refractivity contribution < 1.29 is 4.79 Å². The Morgan fingerprint density at radius 3 is 2.58 bits per heavy atom. The molecule has 0 radical (unpaired) electrons. The molecule has 2 nitrogen and oxygen atoms in total. The lowest BCUT2D eigenvalue weighted by molar-refractivity contribution is -0.122. The molecule has 0 aromatic carbocycles. The van der Waals surface area contributed by atoms with Gasteiger partial charge in [0, 0.05) is 12.3 Å². The van der Waals surface area contributed by atoms with Gasteiger partial charge in [-0.25, -0.2) is 0 Å². The molecule has 1 rings (SSSR count). The number of nitrogens with one attached hydrogen (secondary N) is 1. The SMILES string of the molecule is C=C(C)CC(=O)C1CCNCC1. The summed E-state index contributed by atoms with van der Waals surface area (Å²) in [4.78, 5) is 11.5. The summed E-state index contributed by atoms with van der Waals surface area (Å²) < 4.78 is 0. The summed E-state index contributed by atoms with van der Waals surface area (Å²) in [5.74, 6) is 0.673. The standard InChI is InChI=1S/C10H17NO/c1-8(2)7-10(12)9-3-5-11-6-4-9/h9,11H,1,3-7H2,2H3. The van der Waals surface area contributed by atoms with Crippen LogP contribution in [-0.4, -0.2) is 18.9 Å². The van der Waals surface area contributed by atoms with E-state index in [-0.39, 0.29) is 0 Å². The molecule has 1 saturated heterocycles. The molecule has 1 heterocycles. The molecule has 68 valence electrons. The van der Waals surface area contributed by atoms with Gasteiger partial charge in [-0.1, -0.05) is 12.2 Å². The molecular formula is C10H17NO. The lowest BCUT2D eigenvalue weighted by Gasteiger charge is -2.21. The Morgan fingerprint density at radius 1 is 1.50 bits per heavy atom. The number of piperidine rings is 1. The molecule has 0 spiro atoms. The van der Waals surface area contributed by atoms with Crippen LogP contribution in [0.15, 0.2) is 12.2 Å². The smallest absolute Gasteiger partial charge is 0.140 e. The van der Waals surface area contributed by atoms with Crippen molar-refractivity contribution in [1.29, 1.82) is 0 Å². The Kier molecular flexibility index (Phi) is 3.48. The quantitative estimate of drug-likeness (QED) is 0.646. The second kappa shape index (κ2) is 4.41. The number of ketones is 1. The van der Waals surface area contributed by atoms with E-state index in [1.165, 1.54) is 0 Å². The minimum Gasteiger partial charge on any atom is -0.317 e. The van der Waals surface area contributed by atoms with Crippen molar-refractivity contribution in [1.82, 2.24) is 5.32 Å². The van der Waals surface area contributed by atoms with Gasteiger partial charge in [0.25, 0.3) is 0 Å². The predicted molar refractivity (Wildman–Crippen MR) is 50.0 cm³/mol. The number of rotatable bonds is 3. The molecule has 0 aromatic rings. The fourth-order valence-corrected chi connectivity index (χ4v) is 1.59. The fraction of sp³-hybridized carbons (Fsp3) is 0.700. The molecule has 0 unspecified atom stereocenters. The van der Waals surface area contributed by atoms with E-state index in [2.05, 4.69) is 11.9 Å². The van der Waals surface area contributed by atoms with Crippen LogP contribution in [0.5, 0.6) is 0 Å². The second-order valence-corrected chi connectivity index (χ2v) is 3.62. The number of hydrogen-bond donors (Lipinski definition) is 1. The van der Waals surface area contributed by atoms with Gasteiger partial charge in [-0.05, 0) is 32.9 Å². The molecule has 0 bridgehead atoms. The first-order chi connectivity index (χ1) is 5.70. The fourth-order valence-electron chi connectivity index (χ4n) is 1.59. The van der Waals surface area contributed by atoms with Crippen molar-refractivity contribution in [3.8, 4) is 0 Å². The van der Waals surface area contributed by atoms with Gasteiger partial charge >= 0.3 is 0 Å². The summed E-state index contributed by atoms with van der Waals surface area (Å²) in [6.45, 7) is 7.65. The maximum Gasteiger partial charge on any atom is 0.140 e. The van der Waals surface area contributed by atoms with E-state index in [4.69, 9.17) is 0 Å². The lowest BCUT2D eigenvalue weighted by Crippen LogP contribution is -2.31. The molecular weight excluding hydrogens is 150 g/mol. The van der Waals surface area contributed by atoms with Gasteiger partial charge in [-0.3, -0.25) is 4.79 Å². The highest BCUT2D eigenvalue weighted by Gasteiger charge is 2.19. The molecule has 1 fully saturated rings. The molecule has 0 aromatic heterocycles. The van der Waals surface area contributed by atoms with Crippen LogP contribution in [0.2, 0.25) is 0 Å². The van der Waals surface area contributed by atoms with E-state index in [9.17, 15) is 4.79 Å². The summed E-state index contributed by atoms with van der Waals surface area (Å²) in [6.07, 6.45) is 2.59. The molecule has 0 atom stereocenters. The van der Waals surface area contributed by atoms with Gasteiger partial charge < -0.3 is 5.32 Å². The predicted octanol–water partition coefficient (Wildman–Crippen LogP) is 1.52. The average molecular weight is 167 g/mol. The Morgan fingerprint density at radius 2 is 2.08 bits per heavy atom. The first kappa shape index (κ1) is 9.46. The number of carbonyl (C=O) groups is 1. The second-order valence-electron chi connectivity index (χ2n) is 3.62. The normalized spacial score (nSPS) is 19.1. The summed E-state index contributed by atoms with van der Waals surface area (Å²) in [6, 6.07) is 0. The maximum absolute atomic E-state index is 11.5. The Labute approximate surface area is 74.0 Å². The van der Waals surface area contributed by atoms with Gasteiger partial charge in [0.1, 0.15) is 5.78 Å². The van der Waals surface area contributed by atoms with Gasteiger partial charge in [-0.2, -0.15) is 0 Å². The van der Waals surface area contributed by atoms with Crippen LogP contribution in [-0.2, 0) is 4.79 Å². The monoisotopic (exact) mass is 167 g/mol. The third-order valence-electron chi connectivity index (χ3n) is 2.27. The van der Waals surface area contributed by atoms with E-state index in [0.29, 0.717) is 18.1 Å². The van der Waals surface area contributed by atoms with Crippen molar-refractivity contribution in [2.75, 3.05) is 13.1 Å². The molecule has 0 aliphatic carbocycles. The molecule has 12 heavy (non-hydrogen) atoms. The van der Waals surface area contributed by atoms with Crippen molar-refractivity contribution in [2.45, 2.75) is 26.2 Å². The summed E-state index contributed by atoms with van der Waals surface area (Å²) in [7, 11) is 0. The molecule has 0 saturated carbocycles. The van der Waals surface area contributed by atoms with Crippen molar-refractivity contribution >= 4 is 5.78 Å². The van der Waals surface area contributed by atoms with Crippen molar-refractivity contribution in [3.63, 3.8) is 0 Å². The number of carbonyl (C=O) groups excluding carboxylic acids is 1. The van der Waals surface area contributed by atoms with Crippen molar-refractivity contribution in [2.24, 2.45) is 5.92 Å². The van der Waals surface area contributed by atoms with E-state index >= 15 is 0 Å². The van der Waals surface area contributed by atoms with E-state index < -0.39 is 0 Å². The van der Waals surface area contributed by atoms with Crippen LogP contribution in [0, 0.1) is 5.92 Å². The van der Waals surface area contributed by atoms with Crippen LogP contribution in [0.3, 0.4) is 0 Å². The van der Waals surface area contributed by atoms with Crippen LogP contribution in [0.4, 0.5) is 0 Å². The van der Waals surface area contributed by atoms with Crippen LogP contribution >= 0.6 is 0 Å². The minimum absolute atomic E-state index is 0.294. The third-order valence-corrected chi connectivity index (χ3v) is 2.27. The number of allylic oxidation sites excluding steroid dienone is 1. The van der Waals surface area contributed by atoms with Crippen LogP contribution in [0.1, 0.15) is 26.2 Å². The largest absolute Gasteiger partial charge is 0.317 e. The maximum atomic E-state index is 11.5. The highest BCUT2D eigenvalue weighted by Crippen LogP contribution is 2.16. The summed E-state index contributed by atoms with van der Waals surface area (Å²) in [5.41, 5.74) is 0.985. The zero-order chi connectivity index (χ0) is 8.97. The molecule has 1 aliphatic heterocycles. The lowest BCUT2D eigenvalue weighted by atomic mass is 9.90. The zero-order valence-corrected chi connectivity index (χ0v) is 7.73. The molecule has 0 amide bonds. The first-order valence-corrected chi connectivity index (χ1v) is 4.58. The van der Waals surface area contributed by atoms with Crippen LogP contribution in [0.25, 0.3) is 0 Å². The van der Waals surface area contributed by atoms with Gasteiger partial charge in [0.2, 0.25) is 0 Å². The Hall–Kier alpha value is -0.630. The zero-order valence-electron chi connectivity index (χ0n) is 7.73. The average Bonchev–Trinajstić information content (AvgIpc) is 2.05. The highest BCUT2D eigenvalue weighted by molar-refractivity contribution is 5.83. The summed E-state index contributed by atoms with van der Waals surface area (Å²) >= 11 is 0. The van der Waals surface area contributed by atoms with E-state index in [0.717, 1.165) is 31.5 Å². The molecule has 1 aliphatic rings.